The third kappa shape index (κ3) is 2.69. The minimum Gasteiger partial charge on any atom is -0.340 e. The predicted octanol–water partition coefficient (Wildman–Crippen LogP) is 2.33. The Morgan fingerprint density at radius 3 is 2.19 bits per heavy atom. The maximum Gasteiger partial charge on any atom is 0.248 e. The molecule has 1 saturated heterocycles. The lowest BCUT2D eigenvalue weighted by Crippen LogP contribution is -2.69. The average Bonchev–Trinajstić information content (AvgIpc) is 3.34. The number of carbonyl (C=O) groups excluding carboxylic acids is 2. The van der Waals surface area contributed by atoms with E-state index < -0.39 is 5.54 Å². The van der Waals surface area contributed by atoms with E-state index in [2.05, 4.69) is 5.32 Å². The highest BCUT2D eigenvalue weighted by atomic mass is 16.2. The van der Waals surface area contributed by atoms with Crippen LogP contribution in [0, 0.1) is 17.8 Å². The van der Waals surface area contributed by atoms with Crippen LogP contribution in [0.3, 0.4) is 0 Å². The molecule has 1 N–H and O–H groups in total. The van der Waals surface area contributed by atoms with Gasteiger partial charge >= 0.3 is 0 Å². The minimum absolute atomic E-state index is 0.0341. The molecule has 0 aromatic heterocycles. The van der Waals surface area contributed by atoms with Crippen molar-refractivity contribution in [2.24, 2.45) is 17.8 Å². The Hall–Kier alpha value is -1.06. The molecule has 118 valence electrons. The molecular weight excluding hydrogens is 264 g/mol. The van der Waals surface area contributed by atoms with E-state index in [1.807, 2.05) is 25.7 Å². The van der Waals surface area contributed by atoms with Gasteiger partial charge in [0, 0.05) is 6.54 Å². The summed E-state index contributed by atoms with van der Waals surface area (Å²) < 4.78 is 0. The predicted molar refractivity (Wildman–Crippen MR) is 81.6 cm³/mol. The molecule has 2 unspecified atom stereocenters. The van der Waals surface area contributed by atoms with Crippen LogP contribution in [0.25, 0.3) is 0 Å². The van der Waals surface area contributed by atoms with Crippen molar-refractivity contribution in [2.75, 3.05) is 6.54 Å². The van der Waals surface area contributed by atoms with Gasteiger partial charge in [-0.25, -0.2) is 0 Å². The second kappa shape index (κ2) is 5.29. The lowest BCUT2D eigenvalue weighted by molar-refractivity contribution is -0.155. The van der Waals surface area contributed by atoms with Crippen molar-refractivity contribution in [3.63, 3.8) is 0 Å². The summed E-state index contributed by atoms with van der Waals surface area (Å²) in [5.74, 6) is 2.41. The molecular formula is C17H28N2O2. The van der Waals surface area contributed by atoms with Gasteiger partial charge in [-0.05, 0) is 63.2 Å². The highest BCUT2D eigenvalue weighted by Crippen LogP contribution is 2.49. The first-order valence-electron chi connectivity index (χ1n) is 8.63. The summed E-state index contributed by atoms with van der Waals surface area (Å²) in [6.07, 6.45) is 6.63. The Morgan fingerprint density at radius 1 is 1.19 bits per heavy atom. The van der Waals surface area contributed by atoms with E-state index in [0.717, 1.165) is 18.4 Å². The first kappa shape index (κ1) is 14.9. The summed E-state index contributed by atoms with van der Waals surface area (Å²) >= 11 is 0. The molecule has 2 amide bonds. The van der Waals surface area contributed by atoms with Gasteiger partial charge in [0.1, 0.15) is 11.6 Å². The molecule has 4 heteroatoms. The summed E-state index contributed by atoms with van der Waals surface area (Å²) in [4.78, 5) is 27.2. The van der Waals surface area contributed by atoms with Crippen molar-refractivity contribution in [3.05, 3.63) is 0 Å². The van der Waals surface area contributed by atoms with Crippen molar-refractivity contribution in [1.29, 1.82) is 0 Å². The number of hydrogen-bond donors (Lipinski definition) is 1. The molecule has 0 bridgehead atoms. The lowest BCUT2D eigenvalue weighted by Gasteiger charge is -2.45. The number of nitrogens with zero attached hydrogens (tertiary/aromatic N) is 1. The van der Waals surface area contributed by atoms with Gasteiger partial charge in [-0.15, -0.1) is 0 Å². The maximum atomic E-state index is 12.9. The Morgan fingerprint density at radius 2 is 1.76 bits per heavy atom. The second-order valence-corrected chi connectivity index (χ2v) is 7.40. The third-order valence-electron chi connectivity index (χ3n) is 5.77. The summed E-state index contributed by atoms with van der Waals surface area (Å²) in [6, 6.07) is -0.267. The summed E-state index contributed by atoms with van der Waals surface area (Å²) in [7, 11) is 0. The van der Waals surface area contributed by atoms with Crippen LogP contribution in [-0.2, 0) is 9.59 Å². The average molecular weight is 292 g/mol. The summed E-state index contributed by atoms with van der Waals surface area (Å²) in [6.45, 7) is 6.65. The van der Waals surface area contributed by atoms with Crippen LogP contribution in [0.5, 0.6) is 0 Å². The fraction of sp³-hybridized carbons (Fsp3) is 0.882. The van der Waals surface area contributed by atoms with Crippen molar-refractivity contribution >= 4 is 11.8 Å². The van der Waals surface area contributed by atoms with E-state index >= 15 is 0 Å². The number of nitrogens with one attached hydrogen (secondary N) is 1. The third-order valence-corrected chi connectivity index (χ3v) is 5.77. The van der Waals surface area contributed by atoms with Crippen molar-refractivity contribution in [2.45, 2.75) is 70.9 Å². The van der Waals surface area contributed by atoms with E-state index in [-0.39, 0.29) is 17.9 Å². The van der Waals surface area contributed by atoms with Gasteiger partial charge in [0.15, 0.2) is 0 Å². The number of rotatable bonds is 6. The molecule has 0 radical (unpaired) electrons. The second-order valence-electron chi connectivity index (χ2n) is 7.40. The Labute approximate surface area is 127 Å². The van der Waals surface area contributed by atoms with Crippen molar-refractivity contribution < 1.29 is 9.59 Å². The van der Waals surface area contributed by atoms with Crippen LogP contribution in [0.15, 0.2) is 0 Å². The lowest BCUT2D eigenvalue weighted by atomic mass is 9.88. The molecule has 3 fully saturated rings. The molecule has 1 aliphatic heterocycles. The molecule has 0 spiro atoms. The molecule has 3 aliphatic rings. The summed E-state index contributed by atoms with van der Waals surface area (Å²) in [5, 5.41) is 2.96. The van der Waals surface area contributed by atoms with Gasteiger partial charge in [-0.3, -0.25) is 9.59 Å². The van der Waals surface area contributed by atoms with Crippen LogP contribution in [-0.4, -0.2) is 34.8 Å². The number of carbonyl (C=O) groups is 2. The normalized spacial score (nSPS) is 33.5. The van der Waals surface area contributed by atoms with Gasteiger partial charge < -0.3 is 10.2 Å². The number of piperazine rings is 1. The first-order valence-corrected chi connectivity index (χ1v) is 8.63. The molecule has 1 heterocycles. The van der Waals surface area contributed by atoms with Crippen LogP contribution in [0.4, 0.5) is 0 Å². The molecule has 0 aromatic carbocycles. The highest BCUT2D eigenvalue weighted by Gasteiger charge is 2.49. The fourth-order valence-electron chi connectivity index (χ4n) is 3.82. The van der Waals surface area contributed by atoms with Gasteiger partial charge in [0.05, 0.1) is 0 Å². The molecule has 2 saturated carbocycles. The Bertz CT molecular complexity index is 430. The number of amides is 2. The smallest absolute Gasteiger partial charge is 0.248 e. The zero-order valence-corrected chi connectivity index (χ0v) is 13.5. The van der Waals surface area contributed by atoms with Gasteiger partial charge in [-0.2, -0.15) is 0 Å². The van der Waals surface area contributed by atoms with E-state index in [9.17, 15) is 9.59 Å². The standard InChI is InChI=1S/C17H28N2O2/c1-4-14-15(20)18-17(3,5-2)16(21)19(14)10-13(11-6-7-11)12-8-9-12/h11-14H,4-10H2,1-3H3,(H,18,20). The van der Waals surface area contributed by atoms with E-state index in [0.29, 0.717) is 18.8 Å². The van der Waals surface area contributed by atoms with Crippen LogP contribution < -0.4 is 5.32 Å². The van der Waals surface area contributed by atoms with Crippen LogP contribution >= 0.6 is 0 Å². The Kier molecular flexibility index (Phi) is 3.74. The maximum absolute atomic E-state index is 12.9. The largest absolute Gasteiger partial charge is 0.340 e. The SMILES string of the molecule is CCC1C(=O)NC(C)(CC)C(=O)N1CC(C1CC1)C1CC1. The monoisotopic (exact) mass is 292 g/mol. The van der Waals surface area contributed by atoms with E-state index in [1.54, 1.807) is 0 Å². The quantitative estimate of drug-likeness (QED) is 0.817. The summed E-state index contributed by atoms with van der Waals surface area (Å²) in [5.41, 5.74) is -0.708. The molecule has 4 nitrogen and oxygen atoms in total. The van der Waals surface area contributed by atoms with Crippen LogP contribution in [0.1, 0.15) is 59.3 Å². The molecule has 3 rings (SSSR count). The topological polar surface area (TPSA) is 49.4 Å². The Balaban J connectivity index is 1.80. The highest BCUT2D eigenvalue weighted by molar-refractivity contribution is 5.99. The van der Waals surface area contributed by atoms with Crippen molar-refractivity contribution in [1.82, 2.24) is 10.2 Å². The van der Waals surface area contributed by atoms with E-state index in [4.69, 9.17) is 0 Å². The number of hydrogen-bond acceptors (Lipinski definition) is 2. The molecule has 2 aliphatic carbocycles. The fourth-order valence-corrected chi connectivity index (χ4v) is 3.82. The zero-order valence-electron chi connectivity index (χ0n) is 13.5. The van der Waals surface area contributed by atoms with Crippen LogP contribution in [0.2, 0.25) is 0 Å². The minimum atomic E-state index is -0.708. The zero-order chi connectivity index (χ0) is 15.2. The first-order chi connectivity index (χ1) is 10.00. The van der Waals surface area contributed by atoms with Gasteiger partial charge in [0.25, 0.3) is 0 Å². The molecule has 0 aromatic rings. The van der Waals surface area contributed by atoms with Crippen molar-refractivity contribution in [3.8, 4) is 0 Å². The van der Waals surface area contributed by atoms with Gasteiger partial charge in [0.2, 0.25) is 11.8 Å². The molecule has 21 heavy (non-hydrogen) atoms. The molecule has 2 atom stereocenters. The van der Waals surface area contributed by atoms with Gasteiger partial charge in [-0.1, -0.05) is 13.8 Å². The van der Waals surface area contributed by atoms with E-state index in [1.165, 1.54) is 25.7 Å².